The van der Waals surface area contributed by atoms with Crippen molar-refractivity contribution in [2.45, 2.75) is 38.8 Å². The van der Waals surface area contributed by atoms with Gasteiger partial charge in [0, 0.05) is 30.2 Å². The van der Waals surface area contributed by atoms with Crippen molar-refractivity contribution in [3.8, 4) is 0 Å². The molecule has 1 aromatic rings. The van der Waals surface area contributed by atoms with E-state index in [1.165, 1.54) is 18.4 Å². The highest BCUT2D eigenvalue weighted by Crippen LogP contribution is 2.36. The summed E-state index contributed by atoms with van der Waals surface area (Å²) in [6.07, 6.45) is 2.60. The van der Waals surface area contributed by atoms with E-state index >= 15 is 0 Å². The zero-order valence-electron chi connectivity index (χ0n) is 11.3. The first-order valence-electron chi connectivity index (χ1n) is 6.83. The van der Waals surface area contributed by atoms with Gasteiger partial charge in [-0.1, -0.05) is 43.6 Å². The minimum absolute atomic E-state index is 0.258. The van der Waals surface area contributed by atoms with Gasteiger partial charge in [0.25, 0.3) is 0 Å². The maximum atomic E-state index is 6.32. The topological polar surface area (TPSA) is 29.3 Å². The molecule has 18 heavy (non-hydrogen) atoms. The highest BCUT2D eigenvalue weighted by molar-refractivity contribution is 6.31. The predicted molar refractivity (Wildman–Crippen MR) is 77.8 cm³/mol. The van der Waals surface area contributed by atoms with Crippen LogP contribution in [0.2, 0.25) is 5.02 Å². The second-order valence-corrected chi connectivity index (χ2v) is 6.00. The molecule has 0 amide bonds. The van der Waals surface area contributed by atoms with Crippen molar-refractivity contribution in [2.75, 3.05) is 13.1 Å². The first-order chi connectivity index (χ1) is 8.63. The van der Waals surface area contributed by atoms with E-state index in [2.05, 4.69) is 24.8 Å². The minimum Gasteiger partial charge on any atom is -0.329 e. The molecular formula is C15H23ClN2. The van der Waals surface area contributed by atoms with Crippen LogP contribution in [0.1, 0.15) is 38.3 Å². The maximum Gasteiger partial charge on any atom is 0.0488 e. The monoisotopic (exact) mass is 266 g/mol. The zero-order valence-corrected chi connectivity index (χ0v) is 12.0. The molecule has 1 aliphatic rings. The van der Waals surface area contributed by atoms with Crippen molar-refractivity contribution in [3.63, 3.8) is 0 Å². The minimum atomic E-state index is 0.258. The highest BCUT2D eigenvalue weighted by atomic mass is 35.5. The predicted octanol–water partition coefficient (Wildman–Crippen LogP) is 3.46. The van der Waals surface area contributed by atoms with Gasteiger partial charge in [0.2, 0.25) is 0 Å². The third-order valence-electron chi connectivity index (χ3n) is 3.48. The molecule has 0 spiro atoms. The Labute approximate surface area is 115 Å². The smallest absolute Gasteiger partial charge is 0.0488 e. The van der Waals surface area contributed by atoms with Gasteiger partial charge in [-0.2, -0.15) is 0 Å². The van der Waals surface area contributed by atoms with E-state index in [1.807, 2.05) is 18.2 Å². The van der Waals surface area contributed by atoms with E-state index in [1.54, 1.807) is 0 Å². The molecule has 0 aromatic heterocycles. The van der Waals surface area contributed by atoms with Crippen molar-refractivity contribution in [2.24, 2.45) is 11.7 Å². The Balaban J connectivity index is 2.22. The first kappa shape index (κ1) is 13.9. The van der Waals surface area contributed by atoms with E-state index in [0.717, 1.165) is 11.6 Å². The molecule has 100 valence electrons. The zero-order chi connectivity index (χ0) is 13.1. The van der Waals surface area contributed by atoms with Gasteiger partial charge in [-0.15, -0.1) is 0 Å². The molecule has 2 rings (SSSR count). The molecule has 0 saturated heterocycles. The summed E-state index contributed by atoms with van der Waals surface area (Å²) < 4.78 is 0. The van der Waals surface area contributed by atoms with Crippen molar-refractivity contribution in [3.05, 3.63) is 34.9 Å². The molecule has 1 aromatic carbocycles. The van der Waals surface area contributed by atoms with Crippen LogP contribution in [0, 0.1) is 5.92 Å². The largest absolute Gasteiger partial charge is 0.329 e. The van der Waals surface area contributed by atoms with Crippen LogP contribution < -0.4 is 5.73 Å². The lowest BCUT2D eigenvalue weighted by molar-refractivity contribution is 0.169. The second kappa shape index (κ2) is 6.05. The lowest BCUT2D eigenvalue weighted by atomic mass is 10.0. The number of nitrogens with two attached hydrogens (primary N) is 1. The molecule has 1 atom stereocenters. The van der Waals surface area contributed by atoms with Gasteiger partial charge in [0.15, 0.2) is 0 Å². The Hall–Kier alpha value is -0.570. The average molecular weight is 267 g/mol. The summed E-state index contributed by atoms with van der Waals surface area (Å²) >= 11 is 6.32. The summed E-state index contributed by atoms with van der Waals surface area (Å²) in [6, 6.07) is 9.05. The highest BCUT2D eigenvalue weighted by Gasteiger charge is 2.34. The van der Waals surface area contributed by atoms with Crippen molar-refractivity contribution in [1.82, 2.24) is 4.90 Å². The number of hydrogen-bond acceptors (Lipinski definition) is 2. The van der Waals surface area contributed by atoms with E-state index in [4.69, 9.17) is 17.3 Å². The van der Waals surface area contributed by atoms with Gasteiger partial charge in [-0.05, 0) is 30.4 Å². The fourth-order valence-electron chi connectivity index (χ4n) is 2.54. The van der Waals surface area contributed by atoms with Crippen LogP contribution in [-0.4, -0.2) is 24.0 Å². The Morgan fingerprint density at radius 3 is 2.50 bits per heavy atom. The normalized spacial score (nSPS) is 17.4. The van der Waals surface area contributed by atoms with Gasteiger partial charge < -0.3 is 5.73 Å². The number of halogens is 1. The van der Waals surface area contributed by atoms with Gasteiger partial charge >= 0.3 is 0 Å². The molecule has 1 unspecified atom stereocenters. The van der Waals surface area contributed by atoms with Crippen LogP contribution >= 0.6 is 11.6 Å². The summed E-state index contributed by atoms with van der Waals surface area (Å²) in [5.41, 5.74) is 7.19. The van der Waals surface area contributed by atoms with Crippen LogP contribution in [0.15, 0.2) is 24.3 Å². The number of hydrogen-bond donors (Lipinski definition) is 1. The average Bonchev–Trinajstić information content (AvgIpc) is 3.14. The third kappa shape index (κ3) is 3.25. The Kier molecular flexibility index (Phi) is 4.66. The summed E-state index contributed by atoms with van der Waals surface area (Å²) in [5.74, 6) is 0.655. The number of benzene rings is 1. The Bertz CT molecular complexity index is 388. The molecule has 0 bridgehead atoms. The quantitative estimate of drug-likeness (QED) is 0.854. The maximum absolute atomic E-state index is 6.32. The summed E-state index contributed by atoms with van der Waals surface area (Å²) in [5, 5.41) is 0.836. The first-order valence-corrected chi connectivity index (χ1v) is 7.21. The lowest BCUT2D eigenvalue weighted by Crippen LogP contribution is -2.38. The molecule has 2 nitrogen and oxygen atoms in total. The van der Waals surface area contributed by atoms with Crippen molar-refractivity contribution in [1.29, 1.82) is 0 Å². The summed E-state index contributed by atoms with van der Waals surface area (Å²) in [4.78, 5) is 2.55. The van der Waals surface area contributed by atoms with Crippen LogP contribution in [-0.2, 0) is 0 Å². The Morgan fingerprint density at radius 1 is 1.33 bits per heavy atom. The van der Waals surface area contributed by atoms with Crippen molar-refractivity contribution < 1.29 is 0 Å². The fraction of sp³-hybridized carbons (Fsp3) is 0.600. The molecule has 1 fully saturated rings. The second-order valence-electron chi connectivity index (χ2n) is 5.59. The SMILES string of the molecule is CC(C)CN(C1CC1)C(CN)c1ccccc1Cl. The molecule has 2 N–H and O–H groups in total. The van der Waals surface area contributed by atoms with Crippen LogP contribution in [0.5, 0.6) is 0 Å². The third-order valence-corrected chi connectivity index (χ3v) is 3.82. The van der Waals surface area contributed by atoms with Crippen LogP contribution in [0.25, 0.3) is 0 Å². The standard InChI is InChI=1S/C15H23ClN2/c1-11(2)10-18(12-7-8-12)15(9-17)13-5-3-4-6-14(13)16/h3-6,11-12,15H,7-10,17H2,1-2H3. The van der Waals surface area contributed by atoms with Crippen molar-refractivity contribution >= 4 is 11.6 Å². The number of rotatable bonds is 6. The van der Waals surface area contributed by atoms with E-state index in [9.17, 15) is 0 Å². The van der Waals surface area contributed by atoms with E-state index in [-0.39, 0.29) is 6.04 Å². The lowest BCUT2D eigenvalue weighted by Gasteiger charge is -2.33. The van der Waals surface area contributed by atoms with Gasteiger partial charge in [0.05, 0.1) is 0 Å². The number of nitrogens with zero attached hydrogens (tertiary/aromatic N) is 1. The van der Waals surface area contributed by atoms with Gasteiger partial charge in [-0.3, -0.25) is 4.90 Å². The molecular weight excluding hydrogens is 244 g/mol. The molecule has 0 aliphatic heterocycles. The van der Waals surface area contributed by atoms with Crippen LogP contribution in [0.3, 0.4) is 0 Å². The summed E-state index contributed by atoms with van der Waals surface area (Å²) in [6.45, 7) is 6.25. The molecule has 3 heteroatoms. The molecule has 0 radical (unpaired) electrons. The Morgan fingerprint density at radius 2 is 2.00 bits per heavy atom. The molecule has 0 heterocycles. The molecule has 1 aliphatic carbocycles. The van der Waals surface area contributed by atoms with Gasteiger partial charge in [0.1, 0.15) is 0 Å². The fourth-order valence-corrected chi connectivity index (χ4v) is 2.81. The van der Waals surface area contributed by atoms with Gasteiger partial charge in [-0.25, -0.2) is 0 Å². The van der Waals surface area contributed by atoms with E-state index in [0.29, 0.717) is 18.5 Å². The summed E-state index contributed by atoms with van der Waals surface area (Å²) in [7, 11) is 0. The van der Waals surface area contributed by atoms with Crippen LogP contribution in [0.4, 0.5) is 0 Å². The van der Waals surface area contributed by atoms with E-state index < -0.39 is 0 Å². The molecule has 1 saturated carbocycles.